The Kier molecular flexibility index (Phi) is 27.1. The van der Waals surface area contributed by atoms with E-state index in [2.05, 4.69) is 0 Å². The first-order valence-electron chi connectivity index (χ1n) is 11.1. The monoisotopic (exact) mass is 699 g/mol. The van der Waals surface area contributed by atoms with Crippen LogP contribution in [0.5, 0.6) is 0 Å². The molecule has 0 aliphatic carbocycles. The van der Waals surface area contributed by atoms with Gasteiger partial charge in [0, 0.05) is 59.1 Å². The molecule has 249 valence electrons. The second-order valence-electron chi connectivity index (χ2n) is 7.46. The van der Waals surface area contributed by atoms with Crippen molar-refractivity contribution in [1.29, 1.82) is 0 Å². The molecule has 0 unspecified atom stereocenters. The number of hydrogen-bond acceptors (Lipinski definition) is 12. The fourth-order valence-electron chi connectivity index (χ4n) is 3.03. The predicted octanol–water partition coefficient (Wildman–Crippen LogP) is -2.84. The van der Waals surface area contributed by atoms with Crippen LogP contribution in [0.4, 0.5) is 11.4 Å². The van der Waals surface area contributed by atoms with Crippen molar-refractivity contribution in [3.05, 3.63) is 72.8 Å². The Labute approximate surface area is 260 Å². The molecule has 1 radical (unpaired) electrons. The van der Waals surface area contributed by atoms with Crippen LogP contribution in [0.15, 0.2) is 82.6 Å². The van der Waals surface area contributed by atoms with Gasteiger partial charge in [0.15, 0.2) is 0 Å². The molecular formula is C24H40CuN6O10S2. The van der Waals surface area contributed by atoms with Crippen molar-refractivity contribution in [2.24, 2.45) is 22.9 Å². The summed E-state index contributed by atoms with van der Waals surface area (Å²) in [6.07, 6.45) is 0. The summed E-state index contributed by atoms with van der Waals surface area (Å²) in [6, 6.07) is 18.6. The summed E-state index contributed by atoms with van der Waals surface area (Å²) < 4.78 is 65.8. The summed E-state index contributed by atoms with van der Waals surface area (Å²) in [7, 11) is -8.90. The summed E-state index contributed by atoms with van der Waals surface area (Å²) in [5, 5.41) is 1.89. The van der Waals surface area contributed by atoms with E-state index < -0.39 is 20.2 Å². The van der Waals surface area contributed by atoms with E-state index in [1.54, 1.807) is 48.5 Å². The topological polar surface area (TPSA) is 397 Å². The summed E-state index contributed by atoms with van der Waals surface area (Å²) in [5.74, 6) is 0. The molecule has 4 aromatic rings. The fourth-order valence-corrected chi connectivity index (χ4v) is 4.39. The van der Waals surface area contributed by atoms with E-state index in [4.69, 9.17) is 34.4 Å². The van der Waals surface area contributed by atoms with E-state index in [0.717, 1.165) is 0 Å². The second kappa shape index (κ2) is 23.5. The molecular weight excluding hydrogens is 660 g/mol. The Morgan fingerprint density at radius 2 is 0.698 bits per heavy atom. The molecule has 0 atom stereocenters. The minimum atomic E-state index is -4.45. The zero-order valence-electron chi connectivity index (χ0n) is 22.8. The first-order valence-corrected chi connectivity index (χ1v) is 13.9. The van der Waals surface area contributed by atoms with Gasteiger partial charge >= 0.3 is 17.1 Å². The van der Waals surface area contributed by atoms with E-state index in [1.807, 2.05) is 0 Å². The van der Waals surface area contributed by atoms with Crippen LogP contribution in [0.2, 0.25) is 0 Å². The average Bonchev–Trinajstić information content (AvgIpc) is 2.88. The van der Waals surface area contributed by atoms with Crippen LogP contribution in [0.3, 0.4) is 0 Å². The van der Waals surface area contributed by atoms with Crippen molar-refractivity contribution in [1.82, 2.24) is 0 Å². The number of benzene rings is 4. The van der Waals surface area contributed by atoms with Crippen LogP contribution in [0.25, 0.3) is 21.5 Å². The van der Waals surface area contributed by atoms with Crippen LogP contribution >= 0.6 is 0 Å². The average molecular weight is 700 g/mol. The molecule has 0 heterocycles. The van der Waals surface area contributed by atoms with E-state index in [1.165, 1.54) is 24.3 Å². The van der Waals surface area contributed by atoms with Gasteiger partial charge in [0.25, 0.3) is 0 Å². The Morgan fingerprint density at radius 3 is 0.907 bits per heavy atom. The first kappa shape index (κ1) is 49.7. The van der Waals surface area contributed by atoms with Gasteiger partial charge in [-0.1, -0.05) is 48.5 Å². The quantitative estimate of drug-likeness (QED) is 0.0712. The minimum Gasteiger partial charge on any atom is -0.744 e. The molecule has 4 aromatic carbocycles. The summed E-state index contributed by atoms with van der Waals surface area (Å²) in [6.45, 7) is 2.39. The zero-order valence-corrected chi connectivity index (χ0v) is 25.4. The molecule has 20 N–H and O–H groups in total. The van der Waals surface area contributed by atoms with E-state index in [0.29, 0.717) is 59.1 Å². The van der Waals surface area contributed by atoms with Crippen LogP contribution < -0.4 is 34.4 Å². The maximum Gasteiger partial charge on any atom is 2.00 e. The summed E-state index contributed by atoms with van der Waals surface area (Å²) in [4.78, 5) is -0.459. The smallest absolute Gasteiger partial charge is 0.744 e. The number of hydrogen-bond donors (Lipinski definition) is 6. The normalized spacial score (nSPS) is 9.63. The van der Waals surface area contributed by atoms with Gasteiger partial charge in [0.05, 0.1) is 9.79 Å². The van der Waals surface area contributed by atoms with Crippen molar-refractivity contribution in [2.45, 2.75) is 9.79 Å². The van der Waals surface area contributed by atoms with Gasteiger partial charge in [-0.05, 0) is 24.3 Å². The molecule has 0 spiro atoms. The Hall–Kier alpha value is -2.98. The van der Waals surface area contributed by atoms with Crippen molar-refractivity contribution in [3.63, 3.8) is 0 Å². The van der Waals surface area contributed by atoms with Crippen molar-refractivity contribution >= 4 is 53.2 Å². The van der Waals surface area contributed by atoms with Gasteiger partial charge in [-0.2, -0.15) is 0 Å². The molecule has 43 heavy (non-hydrogen) atoms. The zero-order chi connectivity index (χ0) is 28.9. The van der Waals surface area contributed by atoms with Crippen LogP contribution in [-0.4, -0.2) is 74.0 Å². The molecule has 0 saturated carbocycles. The van der Waals surface area contributed by atoms with Crippen LogP contribution in [-0.2, 0) is 37.3 Å². The molecule has 0 aliphatic heterocycles. The molecule has 0 saturated heterocycles. The Morgan fingerprint density at radius 1 is 0.465 bits per heavy atom. The number of rotatable bonds is 4. The second-order valence-corrected chi connectivity index (χ2v) is 10.2. The van der Waals surface area contributed by atoms with Gasteiger partial charge in [0.2, 0.25) is 0 Å². The maximum atomic E-state index is 11.0. The number of anilines is 2. The molecule has 0 amide bonds. The first-order chi connectivity index (χ1) is 17.8. The van der Waals surface area contributed by atoms with Gasteiger partial charge < -0.3 is 65.4 Å². The third kappa shape index (κ3) is 15.4. The van der Waals surface area contributed by atoms with Gasteiger partial charge in [-0.15, -0.1) is 0 Å². The summed E-state index contributed by atoms with van der Waals surface area (Å²) >= 11 is 0. The van der Waals surface area contributed by atoms with Crippen molar-refractivity contribution in [3.8, 4) is 0 Å². The SMILES string of the molecule is NCCN.NCCN.Nc1ccc(S(=O)(=O)[O-])c2ccccc12.Nc1ccc(S(=O)(=O)[O-])c2ccccc12.O.O.O.O.[Cu+2]. The third-order valence-corrected chi connectivity index (χ3v) is 6.50. The summed E-state index contributed by atoms with van der Waals surface area (Å²) in [5.41, 5.74) is 31.9. The minimum absolute atomic E-state index is 0. The number of nitrogens with two attached hydrogens (primary N) is 6. The van der Waals surface area contributed by atoms with E-state index in [-0.39, 0.29) is 48.8 Å². The molecule has 4 rings (SSSR count). The fraction of sp³-hybridized carbons (Fsp3) is 0.167. The van der Waals surface area contributed by atoms with Crippen LogP contribution in [0, 0.1) is 0 Å². The van der Waals surface area contributed by atoms with E-state index >= 15 is 0 Å². The predicted molar refractivity (Wildman–Crippen MR) is 163 cm³/mol. The van der Waals surface area contributed by atoms with Crippen LogP contribution in [0.1, 0.15) is 0 Å². The maximum absolute atomic E-state index is 11.0. The molecule has 19 heteroatoms. The molecule has 0 aromatic heterocycles. The molecule has 0 fully saturated rings. The molecule has 0 bridgehead atoms. The van der Waals surface area contributed by atoms with Gasteiger partial charge in [-0.3, -0.25) is 0 Å². The molecule has 16 nitrogen and oxygen atoms in total. The van der Waals surface area contributed by atoms with Gasteiger partial charge in [-0.25, -0.2) is 16.8 Å². The Bertz CT molecular complexity index is 1440. The Balaban J connectivity index is -0.000000164. The standard InChI is InChI=1S/2C10H9NO3S.2C2H8N2.Cu.4H2O/c2*11-9-5-6-10(15(12,13)14)8-4-2-1-3-7(8)9;2*3-1-2-4;;;;;/h2*1-6H,11H2,(H,12,13,14);2*1-4H2;;4*1H2/q;;;;+2;;;;/p-2. The number of nitrogen functional groups attached to an aromatic ring is 2. The largest absolute Gasteiger partial charge is 2.00 e. The van der Waals surface area contributed by atoms with Gasteiger partial charge in [0.1, 0.15) is 20.2 Å². The van der Waals surface area contributed by atoms with E-state index in [9.17, 15) is 25.9 Å². The number of fused-ring (bicyclic) bond motifs is 2. The van der Waals surface area contributed by atoms with Crippen molar-refractivity contribution < 1.29 is 64.9 Å². The molecule has 0 aliphatic rings. The third-order valence-electron chi connectivity index (χ3n) is 4.71. The van der Waals surface area contributed by atoms with Crippen molar-refractivity contribution in [2.75, 3.05) is 37.6 Å².